The molecule has 19 heavy (non-hydrogen) atoms. The Balaban J connectivity index is 1.98. The quantitative estimate of drug-likeness (QED) is 0.851. The second kappa shape index (κ2) is 5.71. The second-order valence-electron chi connectivity index (χ2n) is 4.69. The summed E-state index contributed by atoms with van der Waals surface area (Å²) >= 11 is 0. The van der Waals surface area contributed by atoms with Crippen molar-refractivity contribution in [2.24, 2.45) is 0 Å². The highest BCUT2D eigenvalue weighted by Crippen LogP contribution is 2.14. The second-order valence-corrected chi connectivity index (χ2v) is 6.73. The molecular formula is C13H17NO4S. The van der Waals surface area contributed by atoms with Crippen molar-refractivity contribution in [3.63, 3.8) is 0 Å². The average Bonchev–Trinajstić information content (AvgIpc) is 2.75. The molecule has 0 unspecified atom stereocenters. The van der Waals surface area contributed by atoms with Gasteiger partial charge in [-0.1, -0.05) is 18.2 Å². The predicted molar refractivity (Wildman–Crippen MR) is 70.3 cm³/mol. The predicted octanol–water partition coefficient (Wildman–Crippen LogP) is 0.444. The van der Waals surface area contributed by atoms with Crippen LogP contribution < -0.4 is 0 Å². The van der Waals surface area contributed by atoms with Gasteiger partial charge in [0.25, 0.3) is 0 Å². The van der Waals surface area contributed by atoms with Crippen molar-refractivity contribution < 1.29 is 18.3 Å². The molecule has 104 valence electrons. The fourth-order valence-electron chi connectivity index (χ4n) is 2.18. The zero-order valence-electron chi connectivity index (χ0n) is 10.5. The molecule has 6 heteroatoms. The van der Waals surface area contributed by atoms with Crippen molar-refractivity contribution in [2.75, 3.05) is 18.8 Å². The van der Waals surface area contributed by atoms with Crippen molar-refractivity contribution in [2.45, 2.75) is 23.8 Å². The van der Waals surface area contributed by atoms with Crippen molar-refractivity contribution in [3.8, 4) is 0 Å². The van der Waals surface area contributed by atoms with Crippen LogP contribution in [-0.2, 0) is 14.6 Å². The third kappa shape index (κ3) is 3.54. The number of hydrogen-bond donors (Lipinski definition) is 1. The first-order valence-electron chi connectivity index (χ1n) is 6.23. The molecular weight excluding hydrogens is 266 g/mol. The third-order valence-corrected chi connectivity index (χ3v) is 4.93. The molecule has 0 spiro atoms. The van der Waals surface area contributed by atoms with E-state index in [0.717, 1.165) is 6.42 Å². The Morgan fingerprint density at radius 2 is 1.95 bits per heavy atom. The highest BCUT2D eigenvalue weighted by atomic mass is 32.2. The maximum absolute atomic E-state index is 12.0. The standard InChI is InChI=1S/C13H17NO4S/c15-11(9-14-8-4-7-13(14)16)10-19(17,18)12-5-2-1-3-6-12/h1-3,5-6,11,15H,4,7-10H2/t11-/m0/s1. The van der Waals surface area contributed by atoms with E-state index in [0.29, 0.717) is 13.0 Å². The van der Waals surface area contributed by atoms with Crippen LogP contribution in [0.5, 0.6) is 0 Å². The Morgan fingerprint density at radius 3 is 2.53 bits per heavy atom. The van der Waals surface area contributed by atoms with Crippen molar-refractivity contribution in [1.29, 1.82) is 0 Å². The maximum Gasteiger partial charge on any atom is 0.222 e. The number of amides is 1. The van der Waals surface area contributed by atoms with Crippen LogP contribution in [0.2, 0.25) is 0 Å². The minimum Gasteiger partial charge on any atom is -0.390 e. The van der Waals surface area contributed by atoms with Crippen LogP contribution in [0.4, 0.5) is 0 Å². The summed E-state index contributed by atoms with van der Waals surface area (Å²) in [6, 6.07) is 8.02. The van der Waals surface area contributed by atoms with Crippen molar-refractivity contribution in [3.05, 3.63) is 30.3 Å². The zero-order chi connectivity index (χ0) is 13.9. The van der Waals surface area contributed by atoms with Gasteiger partial charge in [-0.2, -0.15) is 0 Å². The molecule has 1 aromatic rings. The van der Waals surface area contributed by atoms with Crippen LogP contribution in [0, 0.1) is 0 Å². The summed E-state index contributed by atoms with van der Waals surface area (Å²) in [5.41, 5.74) is 0. The van der Waals surface area contributed by atoms with Gasteiger partial charge < -0.3 is 10.0 Å². The molecule has 1 aromatic carbocycles. The number of sulfone groups is 1. The molecule has 1 atom stereocenters. The normalized spacial score (nSPS) is 17.7. The highest BCUT2D eigenvalue weighted by Gasteiger charge is 2.26. The van der Waals surface area contributed by atoms with Crippen LogP contribution in [0.1, 0.15) is 12.8 Å². The lowest BCUT2D eigenvalue weighted by atomic mass is 10.4. The number of carbonyl (C=O) groups excluding carboxylic acids is 1. The molecule has 0 saturated carbocycles. The number of nitrogens with zero attached hydrogens (tertiary/aromatic N) is 1. The Morgan fingerprint density at radius 1 is 1.26 bits per heavy atom. The number of likely N-dealkylation sites (tertiary alicyclic amines) is 1. The fraction of sp³-hybridized carbons (Fsp3) is 0.462. The first-order valence-corrected chi connectivity index (χ1v) is 7.88. The number of aliphatic hydroxyl groups is 1. The van der Waals surface area contributed by atoms with Crippen LogP contribution in [0.3, 0.4) is 0 Å². The van der Waals surface area contributed by atoms with E-state index in [1.165, 1.54) is 17.0 Å². The monoisotopic (exact) mass is 283 g/mol. The Labute approximate surface area is 112 Å². The number of aliphatic hydroxyl groups excluding tert-OH is 1. The summed E-state index contributed by atoms with van der Waals surface area (Å²) in [6.07, 6.45) is 0.210. The molecule has 0 aromatic heterocycles. The largest absolute Gasteiger partial charge is 0.390 e. The van der Waals surface area contributed by atoms with Crippen molar-refractivity contribution >= 4 is 15.7 Å². The fourth-order valence-corrected chi connectivity index (χ4v) is 3.56. The lowest BCUT2D eigenvalue weighted by molar-refractivity contribution is -0.128. The summed E-state index contributed by atoms with van der Waals surface area (Å²) in [7, 11) is -3.51. The van der Waals surface area contributed by atoms with Gasteiger partial charge in [0, 0.05) is 19.5 Å². The Kier molecular flexibility index (Phi) is 4.21. The molecule has 0 aliphatic carbocycles. The van der Waals surface area contributed by atoms with E-state index >= 15 is 0 Å². The molecule has 2 rings (SSSR count). The molecule has 1 heterocycles. The molecule has 1 N–H and O–H groups in total. The summed E-state index contributed by atoms with van der Waals surface area (Å²) in [4.78, 5) is 13.1. The van der Waals surface area contributed by atoms with E-state index in [1.54, 1.807) is 18.2 Å². The van der Waals surface area contributed by atoms with E-state index < -0.39 is 15.9 Å². The highest BCUT2D eigenvalue weighted by molar-refractivity contribution is 7.91. The molecule has 1 fully saturated rings. The van der Waals surface area contributed by atoms with Gasteiger partial charge in [-0.3, -0.25) is 4.79 Å². The molecule has 1 aliphatic heterocycles. The van der Waals surface area contributed by atoms with Crippen LogP contribution in [0.15, 0.2) is 35.2 Å². The van der Waals surface area contributed by atoms with Gasteiger partial charge in [-0.15, -0.1) is 0 Å². The minimum atomic E-state index is -3.51. The van der Waals surface area contributed by atoms with Crippen LogP contribution in [0.25, 0.3) is 0 Å². The van der Waals surface area contributed by atoms with E-state index in [2.05, 4.69) is 0 Å². The van der Waals surface area contributed by atoms with E-state index in [4.69, 9.17) is 0 Å². The topological polar surface area (TPSA) is 74.7 Å². The first kappa shape index (κ1) is 14.0. The van der Waals surface area contributed by atoms with Gasteiger partial charge in [-0.05, 0) is 18.6 Å². The number of benzene rings is 1. The average molecular weight is 283 g/mol. The molecule has 0 bridgehead atoms. The van der Waals surface area contributed by atoms with Crippen molar-refractivity contribution in [1.82, 2.24) is 4.90 Å². The van der Waals surface area contributed by atoms with Gasteiger partial charge in [0.05, 0.1) is 16.8 Å². The third-order valence-electron chi connectivity index (χ3n) is 3.12. The van der Waals surface area contributed by atoms with Gasteiger partial charge in [0.1, 0.15) is 0 Å². The minimum absolute atomic E-state index is 0.0174. The first-order chi connectivity index (χ1) is 8.99. The van der Waals surface area contributed by atoms with Gasteiger partial charge in [-0.25, -0.2) is 8.42 Å². The smallest absolute Gasteiger partial charge is 0.222 e. The molecule has 1 aliphatic rings. The molecule has 5 nitrogen and oxygen atoms in total. The lowest BCUT2D eigenvalue weighted by Gasteiger charge is -2.19. The number of carbonyl (C=O) groups is 1. The van der Waals surface area contributed by atoms with E-state index in [-0.39, 0.29) is 23.1 Å². The summed E-state index contributed by atoms with van der Waals surface area (Å²) in [5, 5.41) is 9.85. The van der Waals surface area contributed by atoms with Gasteiger partial charge in [0.2, 0.25) is 5.91 Å². The molecule has 1 amide bonds. The van der Waals surface area contributed by atoms with Gasteiger partial charge in [0.15, 0.2) is 9.84 Å². The number of rotatable bonds is 5. The number of hydrogen-bond acceptors (Lipinski definition) is 4. The summed E-state index contributed by atoms with van der Waals surface area (Å²) in [6.45, 7) is 0.687. The summed E-state index contributed by atoms with van der Waals surface area (Å²) in [5.74, 6) is -0.378. The Bertz CT molecular complexity index is 541. The molecule has 0 radical (unpaired) electrons. The van der Waals surface area contributed by atoms with Crippen LogP contribution in [-0.4, -0.2) is 49.3 Å². The SMILES string of the molecule is O=C1CCCN1C[C@H](O)CS(=O)(=O)c1ccccc1. The van der Waals surface area contributed by atoms with E-state index in [9.17, 15) is 18.3 Å². The maximum atomic E-state index is 12.0. The van der Waals surface area contributed by atoms with Crippen LogP contribution >= 0.6 is 0 Å². The molecule has 1 saturated heterocycles. The number of β-amino-alcohol motifs (C(OH)–C–C–N with tert-alkyl or cyclic N) is 1. The summed E-state index contributed by atoms with van der Waals surface area (Å²) < 4.78 is 24.1. The zero-order valence-corrected chi connectivity index (χ0v) is 11.3. The van der Waals surface area contributed by atoms with E-state index in [1.807, 2.05) is 0 Å². The van der Waals surface area contributed by atoms with Gasteiger partial charge >= 0.3 is 0 Å². The lowest BCUT2D eigenvalue weighted by Crippen LogP contribution is -2.36. The Hall–Kier alpha value is -1.40.